The summed E-state index contributed by atoms with van der Waals surface area (Å²) >= 11 is 1.86. The average molecular weight is 219 g/mol. The summed E-state index contributed by atoms with van der Waals surface area (Å²) in [5.74, 6) is 1.48. The first-order valence-electron chi connectivity index (χ1n) is 4.77. The van der Waals surface area contributed by atoms with Crippen LogP contribution in [0.3, 0.4) is 0 Å². The highest BCUT2D eigenvalue weighted by Gasteiger charge is 2.10. The number of thioether (sulfide) groups is 1. The van der Waals surface area contributed by atoms with E-state index in [1.54, 1.807) is 0 Å². The number of hydrogen-bond donors (Lipinski definition) is 2. The zero-order chi connectivity index (χ0) is 11.0. The van der Waals surface area contributed by atoms with Crippen molar-refractivity contribution in [2.45, 2.75) is 25.8 Å². The number of nitrogens with zero attached hydrogens (tertiary/aromatic N) is 2. The Bertz CT molecular complexity index is 175. The van der Waals surface area contributed by atoms with Gasteiger partial charge in [0.15, 0.2) is 0 Å². The minimum absolute atomic E-state index is 0.300. The van der Waals surface area contributed by atoms with Crippen LogP contribution >= 0.6 is 11.8 Å². The number of oxime groups is 1. The Morgan fingerprint density at radius 2 is 2.29 bits per heavy atom. The molecule has 0 saturated carbocycles. The first-order chi connectivity index (χ1) is 6.61. The Hall–Kier alpha value is -0.420. The van der Waals surface area contributed by atoms with Gasteiger partial charge in [-0.05, 0) is 38.9 Å². The van der Waals surface area contributed by atoms with Gasteiger partial charge in [0.2, 0.25) is 0 Å². The summed E-state index contributed by atoms with van der Waals surface area (Å²) < 4.78 is 0. The van der Waals surface area contributed by atoms with Crippen LogP contribution in [-0.4, -0.2) is 47.6 Å². The molecule has 0 aromatic carbocycles. The lowest BCUT2D eigenvalue weighted by Gasteiger charge is -2.23. The summed E-state index contributed by atoms with van der Waals surface area (Å²) in [6, 6.07) is 0.327. The third kappa shape index (κ3) is 6.10. The maximum atomic E-state index is 8.42. The van der Waals surface area contributed by atoms with Crippen molar-refractivity contribution in [3.8, 4) is 0 Å². The van der Waals surface area contributed by atoms with E-state index in [1.807, 2.05) is 11.8 Å². The first-order valence-corrected chi connectivity index (χ1v) is 6.16. The summed E-state index contributed by atoms with van der Waals surface area (Å²) in [6.07, 6.45) is 3.91. The molecular weight excluding hydrogens is 198 g/mol. The number of nitrogens with two attached hydrogens (primary N) is 1. The first kappa shape index (κ1) is 13.6. The molecule has 0 bridgehead atoms. The van der Waals surface area contributed by atoms with E-state index in [-0.39, 0.29) is 0 Å². The van der Waals surface area contributed by atoms with E-state index in [2.05, 4.69) is 30.3 Å². The summed E-state index contributed by atoms with van der Waals surface area (Å²) in [4.78, 5) is 2.23. The van der Waals surface area contributed by atoms with Gasteiger partial charge in [0, 0.05) is 12.5 Å². The van der Waals surface area contributed by atoms with Crippen molar-refractivity contribution in [3.05, 3.63) is 0 Å². The molecule has 5 heteroatoms. The minimum Gasteiger partial charge on any atom is -0.409 e. The molecule has 0 saturated heterocycles. The largest absolute Gasteiger partial charge is 0.409 e. The highest BCUT2D eigenvalue weighted by atomic mass is 32.2. The maximum Gasteiger partial charge on any atom is 0.140 e. The highest BCUT2D eigenvalue weighted by molar-refractivity contribution is 7.98. The summed E-state index contributed by atoms with van der Waals surface area (Å²) in [6.45, 7) is 3.14. The molecule has 0 fully saturated rings. The van der Waals surface area contributed by atoms with Gasteiger partial charge in [0.25, 0.3) is 0 Å². The van der Waals surface area contributed by atoms with Crippen molar-refractivity contribution in [2.24, 2.45) is 10.9 Å². The van der Waals surface area contributed by atoms with Gasteiger partial charge in [-0.25, -0.2) is 0 Å². The lowest BCUT2D eigenvalue weighted by molar-refractivity contribution is 0.260. The van der Waals surface area contributed by atoms with Crippen molar-refractivity contribution >= 4 is 17.6 Å². The topological polar surface area (TPSA) is 61.8 Å². The average Bonchev–Trinajstić information content (AvgIpc) is 2.17. The van der Waals surface area contributed by atoms with Gasteiger partial charge in [-0.1, -0.05) is 5.16 Å². The van der Waals surface area contributed by atoms with E-state index in [0.717, 1.165) is 6.54 Å². The monoisotopic (exact) mass is 219 g/mol. The fourth-order valence-electron chi connectivity index (χ4n) is 1.18. The molecule has 0 radical (unpaired) electrons. The van der Waals surface area contributed by atoms with E-state index in [4.69, 9.17) is 10.9 Å². The molecule has 0 aliphatic rings. The molecule has 0 spiro atoms. The van der Waals surface area contributed by atoms with Crippen LogP contribution in [0.2, 0.25) is 0 Å². The molecule has 0 amide bonds. The van der Waals surface area contributed by atoms with E-state index >= 15 is 0 Å². The van der Waals surface area contributed by atoms with Gasteiger partial charge >= 0.3 is 0 Å². The Morgan fingerprint density at radius 3 is 2.79 bits per heavy atom. The molecule has 3 N–H and O–H groups in total. The van der Waals surface area contributed by atoms with Crippen LogP contribution in [0.1, 0.15) is 19.8 Å². The molecule has 4 nitrogen and oxygen atoms in total. The van der Waals surface area contributed by atoms with Crippen LogP contribution in [-0.2, 0) is 0 Å². The van der Waals surface area contributed by atoms with E-state index in [9.17, 15) is 0 Å². The summed E-state index contributed by atoms with van der Waals surface area (Å²) in [7, 11) is 2.07. The Balaban J connectivity index is 3.70. The quantitative estimate of drug-likeness (QED) is 0.222. The van der Waals surface area contributed by atoms with Gasteiger partial charge in [-0.3, -0.25) is 0 Å². The number of amidine groups is 1. The standard InChI is InChI=1S/C9H21N3OS/c1-8(7-9(10)11-13)12(2)5-4-6-14-3/h8,13H,4-7H2,1-3H3,(H2,10,11). The Labute approximate surface area is 90.5 Å². The van der Waals surface area contributed by atoms with Gasteiger partial charge in [-0.15, -0.1) is 0 Å². The summed E-state index contributed by atoms with van der Waals surface area (Å²) in [5.41, 5.74) is 5.44. The smallest absolute Gasteiger partial charge is 0.140 e. The van der Waals surface area contributed by atoms with Crippen molar-refractivity contribution in [2.75, 3.05) is 25.6 Å². The van der Waals surface area contributed by atoms with Gasteiger partial charge in [-0.2, -0.15) is 11.8 Å². The minimum atomic E-state index is 0.300. The molecule has 0 aliphatic carbocycles. The van der Waals surface area contributed by atoms with E-state index in [0.29, 0.717) is 18.3 Å². The van der Waals surface area contributed by atoms with Crippen molar-refractivity contribution in [1.82, 2.24) is 4.90 Å². The molecule has 0 aromatic rings. The number of hydrogen-bond acceptors (Lipinski definition) is 4. The van der Waals surface area contributed by atoms with Crippen LogP contribution in [0.25, 0.3) is 0 Å². The zero-order valence-electron chi connectivity index (χ0n) is 9.23. The number of rotatable bonds is 7. The van der Waals surface area contributed by atoms with Crippen LogP contribution in [0.15, 0.2) is 5.16 Å². The van der Waals surface area contributed by atoms with Crippen LogP contribution in [0.4, 0.5) is 0 Å². The molecule has 0 rings (SSSR count). The molecule has 0 aromatic heterocycles. The lowest BCUT2D eigenvalue weighted by Crippen LogP contribution is -2.34. The fourth-order valence-corrected chi connectivity index (χ4v) is 1.60. The third-order valence-electron chi connectivity index (χ3n) is 2.24. The highest BCUT2D eigenvalue weighted by Crippen LogP contribution is 2.04. The summed E-state index contributed by atoms with van der Waals surface area (Å²) in [5, 5.41) is 11.4. The van der Waals surface area contributed by atoms with Crippen LogP contribution in [0, 0.1) is 0 Å². The Morgan fingerprint density at radius 1 is 1.64 bits per heavy atom. The van der Waals surface area contributed by atoms with E-state index < -0.39 is 0 Å². The second kappa shape index (κ2) is 7.94. The molecule has 1 atom stereocenters. The Kier molecular flexibility index (Phi) is 7.70. The molecule has 0 heterocycles. The second-order valence-electron chi connectivity index (χ2n) is 3.47. The maximum absolute atomic E-state index is 8.42. The third-order valence-corrected chi connectivity index (χ3v) is 2.94. The van der Waals surface area contributed by atoms with Crippen molar-refractivity contribution < 1.29 is 5.21 Å². The normalized spacial score (nSPS) is 14.7. The zero-order valence-corrected chi connectivity index (χ0v) is 10.0. The van der Waals surface area contributed by atoms with Crippen molar-refractivity contribution in [1.29, 1.82) is 0 Å². The molecule has 0 aliphatic heterocycles. The molecule has 14 heavy (non-hydrogen) atoms. The lowest BCUT2D eigenvalue weighted by atomic mass is 10.2. The molecule has 1 unspecified atom stereocenters. The van der Waals surface area contributed by atoms with Crippen LogP contribution < -0.4 is 5.73 Å². The predicted octanol–water partition coefficient (Wildman–Crippen LogP) is 1.20. The van der Waals surface area contributed by atoms with Crippen LogP contribution in [0.5, 0.6) is 0 Å². The van der Waals surface area contributed by atoms with Gasteiger partial charge in [0.1, 0.15) is 5.84 Å². The fraction of sp³-hybridized carbons (Fsp3) is 0.889. The molecule has 84 valence electrons. The SMILES string of the molecule is CSCCCN(C)C(C)CC(N)=NO. The predicted molar refractivity (Wildman–Crippen MR) is 63.1 cm³/mol. The van der Waals surface area contributed by atoms with Gasteiger partial charge in [0.05, 0.1) is 0 Å². The second-order valence-corrected chi connectivity index (χ2v) is 4.46. The molecular formula is C9H21N3OS. The van der Waals surface area contributed by atoms with E-state index in [1.165, 1.54) is 12.2 Å². The van der Waals surface area contributed by atoms with Crippen molar-refractivity contribution in [3.63, 3.8) is 0 Å². The van der Waals surface area contributed by atoms with Gasteiger partial charge < -0.3 is 15.8 Å².